The van der Waals surface area contributed by atoms with Crippen molar-refractivity contribution in [3.8, 4) is 12.1 Å². The molecule has 6 nitrogen and oxygen atoms in total. The highest BCUT2D eigenvalue weighted by atomic mass is 19.3. The van der Waals surface area contributed by atoms with Gasteiger partial charge in [-0.1, -0.05) is 0 Å². The van der Waals surface area contributed by atoms with E-state index in [0.717, 1.165) is 0 Å². The van der Waals surface area contributed by atoms with Crippen molar-refractivity contribution < 1.29 is 13.7 Å². The van der Waals surface area contributed by atoms with Crippen molar-refractivity contribution in [3.63, 3.8) is 0 Å². The van der Waals surface area contributed by atoms with Gasteiger partial charge in [0.05, 0.1) is 17.4 Å². The van der Waals surface area contributed by atoms with Gasteiger partial charge in [0.25, 0.3) is 12.1 Å². The second-order valence-electron chi connectivity index (χ2n) is 2.89. The van der Waals surface area contributed by atoms with Gasteiger partial charge in [0.1, 0.15) is 23.5 Å². The predicted octanol–water partition coefficient (Wildman–Crippen LogP) is 1.87. The van der Waals surface area contributed by atoms with E-state index < -0.39 is 34.7 Å². The van der Waals surface area contributed by atoms with E-state index in [9.17, 15) is 18.9 Å². The van der Waals surface area contributed by atoms with Gasteiger partial charge in [-0.05, 0) is 0 Å². The second-order valence-corrected chi connectivity index (χ2v) is 2.89. The zero-order valence-corrected chi connectivity index (χ0v) is 8.22. The Bertz CT molecular complexity index is 545. The van der Waals surface area contributed by atoms with E-state index >= 15 is 0 Å². The molecule has 86 valence electrons. The Morgan fingerprint density at radius 3 is 2.59 bits per heavy atom. The van der Waals surface area contributed by atoms with Crippen LogP contribution in [0.25, 0.3) is 0 Å². The summed E-state index contributed by atoms with van der Waals surface area (Å²) in [6, 6.07) is 3.10. The van der Waals surface area contributed by atoms with Crippen LogP contribution < -0.4 is 0 Å². The fourth-order valence-corrected chi connectivity index (χ4v) is 1.30. The lowest BCUT2D eigenvalue weighted by molar-refractivity contribution is -0.386. The van der Waals surface area contributed by atoms with Crippen molar-refractivity contribution in [2.45, 2.75) is 12.8 Å². The van der Waals surface area contributed by atoms with Gasteiger partial charge in [0.15, 0.2) is 0 Å². The molecular formula is C9H4F2N4O2. The Morgan fingerprint density at radius 2 is 2.18 bits per heavy atom. The molecule has 17 heavy (non-hydrogen) atoms. The maximum Gasteiger partial charge on any atom is 0.296 e. The van der Waals surface area contributed by atoms with Crippen LogP contribution in [0.3, 0.4) is 0 Å². The number of rotatable bonds is 3. The summed E-state index contributed by atoms with van der Waals surface area (Å²) >= 11 is 0. The van der Waals surface area contributed by atoms with Crippen LogP contribution in [0, 0.1) is 32.8 Å². The molecule has 0 aliphatic heterocycles. The van der Waals surface area contributed by atoms with Gasteiger partial charge in [-0.2, -0.15) is 10.5 Å². The van der Waals surface area contributed by atoms with Crippen LogP contribution in [-0.4, -0.2) is 9.91 Å². The van der Waals surface area contributed by atoms with Crippen LogP contribution in [-0.2, 0) is 6.42 Å². The molecule has 1 rings (SSSR count). The molecule has 0 amide bonds. The van der Waals surface area contributed by atoms with E-state index in [1.165, 1.54) is 6.07 Å². The molecule has 0 aliphatic rings. The minimum atomic E-state index is -3.14. The summed E-state index contributed by atoms with van der Waals surface area (Å²) in [6.45, 7) is 0. The van der Waals surface area contributed by atoms with E-state index in [-0.39, 0.29) is 5.56 Å². The number of halogens is 2. The smallest absolute Gasteiger partial charge is 0.258 e. The predicted molar refractivity (Wildman–Crippen MR) is 49.9 cm³/mol. The number of nitro groups is 1. The average Bonchev–Trinajstić information content (AvgIpc) is 2.28. The Morgan fingerprint density at radius 1 is 1.53 bits per heavy atom. The highest BCUT2D eigenvalue weighted by molar-refractivity contribution is 5.50. The fourth-order valence-electron chi connectivity index (χ4n) is 1.30. The number of nitrogens with zero attached hydrogens (tertiary/aromatic N) is 4. The summed E-state index contributed by atoms with van der Waals surface area (Å²) in [6.07, 6.45) is -3.08. The number of hydrogen-bond donors (Lipinski definition) is 0. The largest absolute Gasteiger partial charge is 0.296 e. The molecule has 1 aromatic rings. The number of nitriles is 2. The normalized spacial score (nSPS) is 9.71. The molecule has 0 unspecified atom stereocenters. The Kier molecular flexibility index (Phi) is 3.62. The zero-order valence-electron chi connectivity index (χ0n) is 8.22. The summed E-state index contributed by atoms with van der Waals surface area (Å²) in [4.78, 5) is 12.9. The summed E-state index contributed by atoms with van der Waals surface area (Å²) in [5.74, 6) is 0. The van der Waals surface area contributed by atoms with Crippen molar-refractivity contribution in [3.05, 3.63) is 33.1 Å². The molecule has 0 N–H and O–H groups in total. The van der Waals surface area contributed by atoms with E-state index in [1.807, 2.05) is 0 Å². The molecule has 8 heteroatoms. The molecule has 0 saturated carbocycles. The van der Waals surface area contributed by atoms with Gasteiger partial charge in [-0.25, -0.2) is 13.8 Å². The SMILES string of the molecule is N#CCc1c(C#N)ncc([N+](=O)[O-])c1C(F)F. The monoisotopic (exact) mass is 238 g/mol. The topological polar surface area (TPSA) is 104 Å². The molecule has 0 saturated heterocycles. The average molecular weight is 238 g/mol. The zero-order chi connectivity index (χ0) is 13.0. The third kappa shape index (κ3) is 2.32. The number of aromatic nitrogens is 1. The molecule has 1 heterocycles. The molecular weight excluding hydrogens is 234 g/mol. The molecule has 0 bridgehead atoms. The lowest BCUT2D eigenvalue weighted by atomic mass is 10.0. The lowest BCUT2D eigenvalue weighted by Gasteiger charge is -2.07. The Balaban J connectivity index is 3.61. The molecule has 0 atom stereocenters. The Hall–Kier alpha value is -2.61. The minimum absolute atomic E-state index is 0.390. The van der Waals surface area contributed by atoms with E-state index in [2.05, 4.69) is 4.98 Å². The van der Waals surface area contributed by atoms with Crippen LogP contribution >= 0.6 is 0 Å². The molecule has 0 spiro atoms. The van der Waals surface area contributed by atoms with Crippen molar-refractivity contribution >= 4 is 5.69 Å². The van der Waals surface area contributed by atoms with Gasteiger partial charge < -0.3 is 0 Å². The first-order valence-electron chi connectivity index (χ1n) is 4.24. The van der Waals surface area contributed by atoms with E-state index in [1.54, 1.807) is 6.07 Å². The van der Waals surface area contributed by atoms with E-state index in [0.29, 0.717) is 6.20 Å². The molecule has 0 radical (unpaired) electrons. The van der Waals surface area contributed by atoms with Crippen LogP contribution in [0.5, 0.6) is 0 Å². The summed E-state index contributed by atoms with van der Waals surface area (Å²) in [5, 5.41) is 27.7. The van der Waals surface area contributed by atoms with Crippen molar-refractivity contribution in [1.82, 2.24) is 4.98 Å². The Labute approximate surface area is 93.9 Å². The first-order valence-corrected chi connectivity index (χ1v) is 4.24. The standard InChI is InChI=1S/C9H4F2N4O2/c10-9(11)8-5(1-2-12)6(3-13)14-4-7(8)15(16)17/h4,9H,1H2. The minimum Gasteiger partial charge on any atom is -0.258 e. The molecule has 0 aliphatic carbocycles. The molecule has 0 aromatic carbocycles. The number of alkyl halides is 2. The third-order valence-electron chi connectivity index (χ3n) is 1.98. The van der Waals surface area contributed by atoms with Gasteiger partial charge in [-0.3, -0.25) is 10.1 Å². The summed E-state index contributed by atoms with van der Waals surface area (Å²) < 4.78 is 25.5. The third-order valence-corrected chi connectivity index (χ3v) is 1.98. The van der Waals surface area contributed by atoms with Crippen molar-refractivity contribution in [1.29, 1.82) is 10.5 Å². The fraction of sp³-hybridized carbons (Fsp3) is 0.222. The van der Waals surface area contributed by atoms with Crippen molar-refractivity contribution in [2.75, 3.05) is 0 Å². The highest BCUT2D eigenvalue weighted by Crippen LogP contribution is 2.32. The number of pyridine rings is 1. The van der Waals surface area contributed by atoms with Crippen LogP contribution in [0.4, 0.5) is 14.5 Å². The van der Waals surface area contributed by atoms with Gasteiger partial charge in [-0.15, -0.1) is 0 Å². The van der Waals surface area contributed by atoms with Crippen molar-refractivity contribution in [2.24, 2.45) is 0 Å². The molecule has 1 aromatic heterocycles. The summed E-state index contributed by atoms with van der Waals surface area (Å²) in [5.41, 5.74) is -2.58. The maximum absolute atomic E-state index is 12.7. The van der Waals surface area contributed by atoms with Gasteiger partial charge in [0.2, 0.25) is 0 Å². The maximum atomic E-state index is 12.7. The number of hydrogen-bond acceptors (Lipinski definition) is 5. The van der Waals surface area contributed by atoms with E-state index in [4.69, 9.17) is 10.5 Å². The van der Waals surface area contributed by atoms with Gasteiger partial charge >= 0.3 is 0 Å². The lowest BCUT2D eigenvalue weighted by Crippen LogP contribution is -2.05. The highest BCUT2D eigenvalue weighted by Gasteiger charge is 2.28. The molecule has 0 fully saturated rings. The van der Waals surface area contributed by atoms with Crippen LogP contribution in [0.15, 0.2) is 6.20 Å². The quantitative estimate of drug-likeness (QED) is 0.590. The first-order chi connectivity index (χ1) is 8.02. The second kappa shape index (κ2) is 4.94. The first kappa shape index (κ1) is 12.5. The van der Waals surface area contributed by atoms with Crippen LogP contribution in [0.2, 0.25) is 0 Å². The summed E-state index contributed by atoms with van der Waals surface area (Å²) in [7, 11) is 0. The van der Waals surface area contributed by atoms with Gasteiger partial charge in [0, 0.05) is 5.56 Å². The van der Waals surface area contributed by atoms with Crippen LogP contribution in [0.1, 0.15) is 23.2 Å².